The normalized spacial score (nSPS) is 10.6. The molecule has 0 saturated carbocycles. The van der Waals surface area contributed by atoms with E-state index >= 15 is 0 Å². The van der Waals surface area contributed by atoms with Gasteiger partial charge in [-0.25, -0.2) is 9.48 Å². The summed E-state index contributed by atoms with van der Waals surface area (Å²) in [6.45, 7) is 4.66. The van der Waals surface area contributed by atoms with Crippen molar-refractivity contribution in [2.45, 2.75) is 33.2 Å². The Hall–Kier alpha value is -2.04. The summed E-state index contributed by atoms with van der Waals surface area (Å²) >= 11 is 0. The number of hydrogen-bond acceptors (Lipinski definition) is 3. The number of hydrogen-bond donors (Lipinski definition) is 1. The molecule has 5 heteroatoms. The summed E-state index contributed by atoms with van der Waals surface area (Å²) < 4.78 is 3.03. The van der Waals surface area contributed by atoms with Crippen molar-refractivity contribution in [2.24, 2.45) is 0 Å². The summed E-state index contributed by atoms with van der Waals surface area (Å²) in [6.07, 6.45) is 1.61. The molecule has 5 nitrogen and oxygen atoms in total. The molecule has 2 rings (SSSR count). The van der Waals surface area contributed by atoms with Gasteiger partial charge in [0.2, 0.25) is 0 Å². The number of rotatable bonds is 5. The summed E-state index contributed by atoms with van der Waals surface area (Å²) in [5, 5.41) is 4.32. The summed E-state index contributed by atoms with van der Waals surface area (Å²) in [6, 6.07) is 9.63. The van der Waals surface area contributed by atoms with Gasteiger partial charge in [0.25, 0.3) is 0 Å². The molecule has 0 aliphatic heterocycles. The minimum absolute atomic E-state index is 0.113. The lowest BCUT2D eigenvalue weighted by Gasteiger charge is -2.07. The third-order valence-electron chi connectivity index (χ3n) is 2.67. The topological polar surface area (TPSA) is 51.9 Å². The Morgan fingerprint density at radius 3 is 2.56 bits per heavy atom. The molecule has 0 bridgehead atoms. The molecule has 0 amide bonds. The number of para-hydroxylation sites is 1. The highest BCUT2D eigenvalue weighted by Gasteiger charge is 2.11. The Balaban J connectivity index is 2.35. The predicted octanol–water partition coefficient (Wildman–Crippen LogP) is 1.89. The molecule has 18 heavy (non-hydrogen) atoms. The van der Waals surface area contributed by atoms with E-state index in [9.17, 15) is 4.79 Å². The van der Waals surface area contributed by atoms with Crippen molar-refractivity contribution in [1.82, 2.24) is 14.5 Å². The zero-order valence-electron chi connectivity index (χ0n) is 10.8. The molecular formula is C13H18N4O. The van der Waals surface area contributed by atoms with Crippen molar-refractivity contribution in [2.75, 3.05) is 5.43 Å². The van der Waals surface area contributed by atoms with E-state index in [2.05, 4.69) is 10.5 Å². The minimum Gasteiger partial charge on any atom is -0.289 e. The monoisotopic (exact) mass is 246 g/mol. The van der Waals surface area contributed by atoms with Gasteiger partial charge in [-0.3, -0.25) is 5.43 Å². The molecule has 0 radical (unpaired) electrons. The van der Waals surface area contributed by atoms with E-state index in [1.54, 1.807) is 0 Å². The van der Waals surface area contributed by atoms with E-state index in [1.807, 2.05) is 44.2 Å². The lowest BCUT2D eigenvalue weighted by atomic mass is 10.3. The third-order valence-corrected chi connectivity index (χ3v) is 2.67. The lowest BCUT2D eigenvalue weighted by Crippen LogP contribution is -2.30. The van der Waals surface area contributed by atoms with E-state index in [4.69, 9.17) is 0 Å². The minimum atomic E-state index is -0.113. The van der Waals surface area contributed by atoms with Crippen molar-refractivity contribution in [1.29, 1.82) is 0 Å². The van der Waals surface area contributed by atoms with E-state index in [1.165, 1.54) is 9.36 Å². The van der Waals surface area contributed by atoms with Gasteiger partial charge < -0.3 is 0 Å². The maximum Gasteiger partial charge on any atom is 0.365 e. The number of benzene rings is 1. The Labute approximate surface area is 106 Å². The highest BCUT2D eigenvalue weighted by atomic mass is 16.2. The SMILES string of the molecule is CCCn1nc(CC)n(Nc2ccccc2)c1=O. The third kappa shape index (κ3) is 2.45. The average molecular weight is 246 g/mol. The molecule has 0 saturated heterocycles. The molecule has 0 fully saturated rings. The number of nitrogens with zero attached hydrogens (tertiary/aromatic N) is 3. The molecule has 2 aromatic rings. The van der Waals surface area contributed by atoms with Gasteiger partial charge in [0.1, 0.15) is 0 Å². The van der Waals surface area contributed by atoms with Crippen LogP contribution in [0.5, 0.6) is 0 Å². The van der Waals surface area contributed by atoms with Crippen LogP contribution in [0.25, 0.3) is 0 Å². The molecule has 1 heterocycles. The first kappa shape index (κ1) is 12.4. The molecular weight excluding hydrogens is 228 g/mol. The van der Waals surface area contributed by atoms with Crippen LogP contribution in [0.1, 0.15) is 26.1 Å². The summed E-state index contributed by atoms with van der Waals surface area (Å²) in [5.74, 6) is 0.748. The van der Waals surface area contributed by atoms with Crippen LogP contribution >= 0.6 is 0 Å². The van der Waals surface area contributed by atoms with Crippen molar-refractivity contribution >= 4 is 5.69 Å². The van der Waals surface area contributed by atoms with Gasteiger partial charge in [0, 0.05) is 13.0 Å². The van der Waals surface area contributed by atoms with Crippen LogP contribution in [0.15, 0.2) is 35.1 Å². The Morgan fingerprint density at radius 1 is 1.22 bits per heavy atom. The largest absolute Gasteiger partial charge is 0.365 e. The van der Waals surface area contributed by atoms with Gasteiger partial charge in [-0.1, -0.05) is 32.0 Å². The molecule has 1 aromatic carbocycles. The van der Waals surface area contributed by atoms with Crippen LogP contribution in [0.2, 0.25) is 0 Å². The Bertz CT molecular complexity index is 556. The second kappa shape index (κ2) is 5.53. The number of anilines is 1. The van der Waals surface area contributed by atoms with Crippen LogP contribution < -0.4 is 11.1 Å². The molecule has 0 unspecified atom stereocenters. The first-order valence-electron chi connectivity index (χ1n) is 6.27. The predicted molar refractivity (Wildman–Crippen MR) is 71.6 cm³/mol. The maximum absolute atomic E-state index is 12.1. The van der Waals surface area contributed by atoms with Gasteiger partial charge >= 0.3 is 5.69 Å². The van der Waals surface area contributed by atoms with Gasteiger partial charge in [-0.2, -0.15) is 9.77 Å². The first-order valence-corrected chi connectivity index (χ1v) is 6.27. The van der Waals surface area contributed by atoms with Crippen molar-refractivity contribution in [3.63, 3.8) is 0 Å². The fraction of sp³-hybridized carbons (Fsp3) is 0.385. The number of aromatic nitrogens is 3. The zero-order valence-corrected chi connectivity index (χ0v) is 10.8. The number of aryl methyl sites for hydroxylation is 2. The standard InChI is InChI=1S/C13H18N4O/c1-3-10-16-13(18)17(12(4-2)15-16)14-11-8-6-5-7-9-11/h5-9,14H,3-4,10H2,1-2H3. The Kier molecular flexibility index (Phi) is 3.82. The molecule has 96 valence electrons. The van der Waals surface area contributed by atoms with Crippen LogP contribution in [-0.2, 0) is 13.0 Å². The van der Waals surface area contributed by atoms with Crippen molar-refractivity contribution in [3.05, 3.63) is 46.6 Å². The smallest absolute Gasteiger partial charge is 0.289 e. The second-order valence-electron chi connectivity index (χ2n) is 4.09. The van der Waals surface area contributed by atoms with E-state index < -0.39 is 0 Å². The summed E-state index contributed by atoms with van der Waals surface area (Å²) in [7, 11) is 0. The van der Waals surface area contributed by atoms with E-state index in [-0.39, 0.29) is 5.69 Å². The molecule has 1 N–H and O–H groups in total. The van der Waals surface area contributed by atoms with Crippen LogP contribution in [0, 0.1) is 0 Å². The highest BCUT2D eigenvalue weighted by Crippen LogP contribution is 2.06. The fourth-order valence-electron chi connectivity index (χ4n) is 1.79. The van der Waals surface area contributed by atoms with Crippen LogP contribution in [0.4, 0.5) is 5.69 Å². The van der Waals surface area contributed by atoms with Crippen molar-refractivity contribution < 1.29 is 0 Å². The van der Waals surface area contributed by atoms with Gasteiger partial charge in [-0.15, -0.1) is 0 Å². The first-order chi connectivity index (χ1) is 8.76. The zero-order chi connectivity index (χ0) is 13.0. The van der Waals surface area contributed by atoms with Crippen LogP contribution in [0.3, 0.4) is 0 Å². The average Bonchev–Trinajstić information content (AvgIpc) is 2.69. The van der Waals surface area contributed by atoms with E-state index in [0.717, 1.165) is 17.9 Å². The molecule has 0 spiro atoms. The molecule has 0 aliphatic carbocycles. The summed E-state index contributed by atoms with van der Waals surface area (Å²) in [5.41, 5.74) is 3.86. The molecule has 1 aromatic heterocycles. The van der Waals surface area contributed by atoms with Gasteiger partial charge in [-0.05, 0) is 18.6 Å². The van der Waals surface area contributed by atoms with E-state index in [0.29, 0.717) is 13.0 Å². The quantitative estimate of drug-likeness (QED) is 0.876. The second-order valence-corrected chi connectivity index (χ2v) is 4.09. The van der Waals surface area contributed by atoms with Crippen molar-refractivity contribution in [3.8, 4) is 0 Å². The lowest BCUT2D eigenvalue weighted by molar-refractivity contribution is 0.573. The Morgan fingerprint density at radius 2 is 1.94 bits per heavy atom. The summed E-state index contributed by atoms with van der Waals surface area (Å²) in [4.78, 5) is 12.1. The molecule has 0 atom stereocenters. The van der Waals surface area contributed by atoms with Gasteiger partial charge in [0.05, 0.1) is 5.69 Å². The van der Waals surface area contributed by atoms with Crippen LogP contribution in [-0.4, -0.2) is 14.5 Å². The number of nitrogens with one attached hydrogen (secondary N) is 1. The maximum atomic E-state index is 12.1. The van der Waals surface area contributed by atoms with Gasteiger partial charge in [0.15, 0.2) is 5.82 Å². The highest BCUT2D eigenvalue weighted by molar-refractivity contribution is 5.42. The molecule has 0 aliphatic rings. The fourth-order valence-corrected chi connectivity index (χ4v) is 1.79.